The molecule has 2 aromatic carbocycles. The van der Waals surface area contributed by atoms with Crippen molar-refractivity contribution in [1.82, 2.24) is 30.4 Å². The minimum Gasteiger partial charge on any atom is -0.490 e. The third-order valence-corrected chi connectivity index (χ3v) is 12.2. The number of rotatable bonds is 9. The molecule has 15 nitrogen and oxygen atoms in total. The van der Waals surface area contributed by atoms with Crippen molar-refractivity contribution in [3.8, 4) is 5.75 Å². The van der Waals surface area contributed by atoms with Crippen molar-refractivity contribution in [2.45, 2.75) is 56.7 Å². The number of aromatic nitrogens is 2. The van der Waals surface area contributed by atoms with E-state index in [1.54, 1.807) is 30.6 Å². The lowest BCUT2D eigenvalue weighted by atomic mass is 9.89. The van der Waals surface area contributed by atoms with Gasteiger partial charge in [0, 0.05) is 94.6 Å². The van der Waals surface area contributed by atoms with E-state index in [0.717, 1.165) is 80.4 Å². The van der Waals surface area contributed by atoms with E-state index in [0.29, 0.717) is 52.4 Å². The minimum absolute atomic E-state index is 0.0164. The van der Waals surface area contributed by atoms with Crippen molar-refractivity contribution < 1.29 is 28.7 Å². The quantitative estimate of drug-likeness (QED) is 0.187. The van der Waals surface area contributed by atoms with Crippen LogP contribution in [0.3, 0.4) is 0 Å². The number of piperidine rings is 2. The van der Waals surface area contributed by atoms with Crippen LogP contribution in [0, 0.1) is 12.5 Å². The molecule has 0 radical (unpaired) electrons. The summed E-state index contributed by atoms with van der Waals surface area (Å²) in [5.74, 6) is 0.0150. The molecule has 3 saturated heterocycles. The van der Waals surface area contributed by atoms with Gasteiger partial charge in [-0.25, -0.2) is 9.83 Å². The molecule has 1 unspecified atom stereocenters. The predicted molar refractivity (Wildman–Crippen MR) is 214 cm³/mol. The molecule has 2 N–H and O–H groups in total. The number of amides is 5. The summed E-state index contributed by atoms with van der Waals surface area (Å²) in [6.45, 7) is 13.6. The molecule has 5 aliphatic rings. The van der Waals surface area contributed by atoms with Gasteiger partial charge in [0.25, 0.3) is 17.7 Å². The number of imide groups is 2. The summed E-state index contributed by atoms with van der Waals surface area (Å²) >= 11 is 0. The monoisotopic (exact) mass is 781 g/mol. The zero-order valence-electron chi connectivity index (χ0n) is 31.9. The van der Waals surface area contributed by atoms with E-state index in [1.807, 2.05) is 36.4 Å². The second-order valence-electron chi connectivity index (χ2n) is 15.8. The first-order valence-electron chi connectivity index (χ1n) is 20.0. The number of pyridine rings is 2. The van der Waals surface area contributed by atoms with Gasteiger partial charge in [-0.1, -0.05) is 6.07 Å². The first kappa shape index (κ1) is 37.2. The molecule has 9 rings (SSSR count). The fraction of sp³-hybridized carbons (Fsp3) is 0.395. The average molecular weight is 782 g/mol. The second kappa shape index (κ2) is 15.5. The lowest BCUT2D eigenvalue weighted by Gasteiger charge is -2.40. The van der Waals surface area contributed by atoms with Gasteiger partial charge < -0.3 is 19.9 Å². The highest BCUT2D eigenvalue weighted by molar-refractivity contribution is 6.23. The molecule has 5 amide bonds. The first-order valence-corrected chi connectivity index (χ1v) is 20.0. The number of carbonyl (C=O) groups is 5. The van der Waals surface area contributed by atoms with Gasteiger partial charge in [-0.15, -0.1) is 0 Å². The first-order chi connectivity index (χ1) is 28.2. The van der Waals surface area contributed by atoms with E-state index < -0.39 is 29.7 Å². The lowest BCUT2D eigenvalue weighted by Crippen LogP contribution is -2.54. The summed E-state index contributed by atoms with van der Waals surface area (Å²) in [6.07, 6.45) is 7.02. The molecule has 58 heavy (non-hydrogen) atoms. The maximum Gasteiger partial charge on any atom is 0.262 e. The van der Waals surface area contributed by atoms with Crippen LogP contribution in [-0.2, 0) is 9.59 Å². The highest BCUT2D eigenvalue weighted by Gasteiger charge is 2.45. The van der Waals surface area contributed by atoms with Crippen LogP contribution in [0.4, 0.5) is 17.2 Å². The minimum atomic E-state index is -0.975. The van der Waals surface area contributed by atoms with Crippen molar-refractivity contribution in [2.75, 3.05) is 55.6 Å². The number of piperazine rings is 1. The number of hydrogen-bond donors (Lipinski definition) is 2. The zero-order chi connectivity index (χ0) is 39.9. The van der Waals surface area contributed by atoms with Crippen LogP contribution in [0.5, 0.6) is 5.75 Å². The summed E-state index contributed by atoms with van der Waals surface area (Å²) in [4.78, 5) is 84.1. The second-order valence-corrected chi connectivity index (χ2v) is 15.8. The molecular weight excluding hydrogens is 739 g/mol. The molecular formula is C43H43N9O6. The topological polar surface area (TPSA) is 162 Å². The van der Waals surface area contributed by atoms with E-state index in [2.05, 4.69) is 40.1 Å². The molecule has 296 valence electrons. The summed E-state index contributed by atoms with van der Waals surface area (Å²) in [5.41, 5.74) is 3.13. The molecule has 15 heteroatoms. The Hall–Kier alpha value is -6.40. The van der Waals surface area contributed by atoms with E-state index >= 15 is 0 Å². The Labute approximate surface area is 335 Å². The molecule has 0 bridgehead atoms. The van der Waals surface area contributed by atoms with Gasteiger partial charge in [-0.3, -0.25) is 44.1 Å². The molecule has 4 aliphatic heterocycles. The largest absolute Gasteiger partial charge is 0.490 e. The third kappa shape index (κ3) is 7.20. The van der Waals surface area contributed by atoms with E-state index in [9.17, 15) is 24.0 Å². The zero-order valence-corrected chi connectivity index (χ0v) is 31.9. The van der Waals surface area contributed by atoms with Crippen molar-refractivity contribution in [3.05, 3.63) is 95.1 Å². The van der Waals surface area contributed by atoms with Crippen LogP contribution >= 0.6 is 0 Å². The molecule has 1 aliphatic carbocycles. The van der Waals surface area contributed by atoms with Crippen LogP contribution in [0.15, 0.2) is 67.0 Å². The number of hydrogen-bond acceptors (Lipinski definition) is 11. The molecule has 1 saturated carbocycles. The van der Waals surface area contributed by atoms with E-state index in [-0.39, 0.29) is 30.9 Å². The summed E-state index contributed by atoms with van der Waals surface area (Å²) in [6, 6.07) is 15.4. The summed E-state index contributed by atoms with van der Waals surface area (Å²) < 4.78 is 6.22. The number of nitrogens with zero attached hydrogens (tertiary/aromatic N) is 7. The van der Waals surface area contributed by atoms with Gasteiger partial charge in [0.05, 0.1) is 28.8 Å². The normalized spacial score (nSPS) is 22.7. The number of nitrogens with one attached hydrogen (secondary N) is 2. The Bertz CT molecular complexity index is 2340. The fourth-order valence-electron chi connectivity index (χ4n) is 8.81. The van der Waals surface area contributed by atoms with Crippen LogP contribution in [0.1, 0.15) is 69.6 Å². The number of fused-ring (bicyclic) bond motifs is 2. The van der Waals surface area contributed by atoms with Crippen LogP contribution in [0.25, 0.3) is 15.7 Å². The fourth-order valence-corrected chi connectivity index (χ4v) is 8.81. The predicted octanol–water partition coefficient (Wildman–Crippen LogP) is 3.96. The van der Waals surface area contributed by atoms with Crippen LogP contribution in [0.2, 0.25) is 0 Å². The standard InChI is InChI=1S/C43H43N9O6/c1-44-34-7-9-36(32-3-2-14-45-39(32)34)58-30-21-28(22-30)47-40(54)27-4-10-37(46-24-27)51-15-12-26(13-16-51)25-49-17-19-50(20-18-49)29-5-6-31-33(23-29)43(57)52(42(31)56)35-8-11-38(53)48-41(35)55/h2-7,9-10,14,23-24,26,28,30,35H,8,11-13,15-22,25H2,(H,47,54)(H,48,53,55). The Balaban J connectivity index is 0.705. The lowest BCUT2D eigenvalue weighted by molar-refractivity contribution is -0.136. The van der Waals surface area contributed by atoms with Gasteiger partial charge in [-0.05, 0) is 73.7 Å². The average Bonchev–Trinajstić information content (AvgIpc) is 3.48. The molecule has 4 aromatic rings. The highest BCUT2D eigenvalue weighted by Crippen LogP contribution is 2.36. The molecule has 1 atom stereocenters. The number of carbonyl (C=O) groups excluding carboxylic acids is 5. The van der Waals surface area contributed by atoms with Crippen LogP contribution < -0.4 is 25.2 Å². The smallest absolute Gasteiger partial charge is 0.262 e. The van der Waals surface area contributed by atoms with Crippen LogP contribution in [-0.4, -0.2) is 113 Å². The van der Waals surface area contributed by atoms with Crippen molar-refractivity contribution in [2.24, 2.45) is 5.92 Å². The van der Waals surface area contributed by atoms with Crippen molar-refractivity contribution in [3.63, 3.8) is 0 Å². The van der Waals surface area contributed by atoms with E-state index in [4.69, 9.17) is 11.3 Å². The summed E-state index contributed by atoms with van der Waals surface area (Å²) in [5, 5.41) is 6.16. The number of benzene rings is 2. The van der Waals surface area contributed by atoms with Gasteiger partial charge in [0.1, 0.15) is 23.7 Å². The SMILES string of the molecule is [C-]#[N+]c1ccc(OC2CC(NC(=O)c3ccc(N4CCC(CN5CCN(c6ccc7c(c6)C(=O)N(C6CCC(=O)NC6=O)C7=O)CC5)CC4)nc3)C2)c2cccnc12. The Kier molecular flexibility index (Phi) is 9.94. The number of ether oxygens (including phenoxy) is 1. The molecule has 0 spiro atoms. The molecule has 6 heterocycles. The van der Waals surface area contributed by atoms with Gasteiger partial charge in [-0.2, -0.15) is 0 Å². The van der Waals surface area contributed by atoms with Gasteiger partial charge in [0.2, 0.25) is 17.5 Å². The molecule has 2 aromatic heterocycles. The number of anilines is 2. The third-order valence-electron chi connectivity index (χ3n) is 12.2. The maximum absolute atomic E-state index is 13.3. The van der Waals surface area contributed by atoms with E-state index in [1.165, 1.54) is 0 Å². The van der Waals surface area contributed by atoms with Gasteiger partial charge >= 0.3 is 0 Å². The Morgan fingerprint density at radius 3 is 2.41 bits per heavy atom. The summed E-state index contributed by atoms with van der Waals surface area (Å²) in [7, 11) is 0. The van der Waals surface area contributed by atoms with Crippen molar-refractivity contribution >= 4 is 57.6 Å². The maximum atomic E-state index is 13.3. The molecule has 4 fully saturated rings. The van der Waals surface area contributed by atoms with Gasteiger partial charge in [0.15, 0.2) is 0 Å². The van der Waals surface area contributed by atoms with Crippen molar-refractivity contribution in [1.29, 1.82) is 0 Å². The Morgan fingerprint density at radius 1 is 0.879 bits per heavy atom. The highest BCUT2D eigenvalue weighted by atomic mass is 16.5. The Morgan fingerprint density at radius 2 is 1.67 bits per heavy atom.